The molecule has 4 nitrogen and oxygen atoms in total. The van der Waals surface area contributed by atoms with Crippen molar-refractivity contribution in [1.82, 2.24) is 0 Å². The van der Waals surface area contributed by atoms with Crippen molar-refractivity contribution in [3.05, 3.63) is 50.7 Å². The lowest BCUT2D eigenvalue weighted by atomic mass is 10.1. The van der Waals surface area contributed by atoms with Crippen molar-refractivity contribution in [1.29, 1.82) is 0 Å². The van der Waals surface area contributed by atoms with Gasteiger partial charge in [-0.2, -0.15) is 0 Å². The zero-order valence-corrected chi connectivity index (χ0v) is 15.8. The second-order valence-corrected chi connectivity index (χ2v) is 7.94. The highest BCUT2D eigenvalue weighted by Gasteiger charge is 2.10. The summed E-state index contributed by atoms with van der Waals surface area (Å²) >= 11 is 8.77. The van der Waals surface area contributed by atoms with Crippen LogP contribution < -0.4 is 5.32 Å². The lowest BCUT2D eigenvalue weighted by Crippen LogP contribution is -2.22. The van der Waals surface area contributed by atoms with E-state index in [1.807, 2.05) is 44.2 Å². The van der Waals surface area contributed by atoms with E-state index in [0.29, 0.717) is 5.75 Å². The molecule has 0 unspecified atom stereocenters. The number of halogens is 1. The maximum atomic E-state index is 11.9. The number of carbonyl (C=O) groups is 2. The van der Waals surface area contributed by atoms with Crippen LogP contribution in [0.25, 0.3) is 0 Å². The van der Waals surface area contributed by atoms with Crippen LogP contribution in [0, 0.1) is 13.8 Å². The third-order valence-corrected chi connectivity index (χ3v) is 5.70. The number of aryl methyl sites for hydroxylation is 1. The third kappa shape index (κ3) is 5.85. The molecule has 0 aliphatic carbocycles. The molecule has 1 aromatic carbocycles. The van der Waals surface area contributed by atoms with Crippen LogP contribution in [-0.2, 0) is 20.1 Å². The van der Waals surface area contributed by atoms with E-state index in [0.717, 1.165) is 26.0 Å². The summed E-state index contributed by atoms with van der Waals surface area (Å²) < 4.78 is 5.73. The van der Waals surface area contributed by atoms with Crippen molar-refractivity contribution in [3.8, 4) is 0 Å². The van der Waals surface area contributed by atoms with Gasteiger partial charge in [-0.05, 0) is 43.2 Å². The Hall–Kier alpha value is -1.50. The maximum Gasteiger partial charge on any atom is 0.316 e. The molecule has 0 atom stereocenters. The summed E-state index contributed by atoms with van der Waals surface area (Å²) in [6.07, 6.45) is 0. The number of nitrogens with one attached hydrogen (secondary N) is 1. The van der Waals surface area contributed by atoms with Gasteiger partial charge in [0.1, 0.15) is 0 Å². The lowest BCUT2D eigenvalue weighted by Gasteiger charge is -2.10. The summed E-state index contributed by atoms with van der Waals surface area (Å²) in [5.41, 5.74) is 2.83. The molecule has 2 aromatic rings. The molecule has 128 valence electrons. The first kappa shape index (κ1) is 18.8. The van der Waals surface area contributed by atoms with Gasteiger partial charge in [-0.25, -0.2) is 0 Å². The van der Waals surface area contributed by atoms with E-state index in [1.54, 1.807) is 0 Å². The van der Waals surface area contributed by atoms with Gasteiger partial charge in [0.15, 0.2) is 6.61 Å². The molecule has 0 saturated carbocycles. The summed E-state index contributed by atoms with van der Waals surface area (Å²) in [7, 11) is 0. The minimum absolute atomic E-state index is 0.201. The highest BCUT2D eigenvalue weighted by Crippen LogP contribution is 2.25. The monoisotopic (exact) mass is 383 g/mol. The van der Waals surface area contributed by atoms with Gasteiger partial charge in [-0.3, -0.25) is 9.59 Å². The SMILES string of the molecule is Cc1cccc(NC(=O)COC(=O)CSCc2ccc(Cl)s2)c1C. The van der Waals surface area contributed by atoms with Crippen LogP contribution in [0.5, 0.6) is 0 Å². The fourth-order valence-corrected chi connectivity index (χ4v) is 3.94. The highest BCUT2D eigenvalue weighted by atomic mass is 35.5. The van der Waals surface area contributed by atoms with Crippen LogP contribution >= 0.6 is 34.7 Å². The van der Waals surface area contributed by atoms with Gasteiger partial charge >= 0.3 is 5.97 Å². The molecular weight excluding hydrogens is 366 g/mol. The Balaban J connectivity index is 1.69. The van der Waals surface area contributed by atoms with E-state index in [-0.39, 0.29) is 18.3 Å². The maximum absolute atomic E-state index is 11.9. The molecule has 0 fully saturated rings. The van der Waals surface area contributed by atoms with Crippen LogP contribution in [0.15, 0.2) is 30.3 Å². The zero-order chi connectivity index (χ0) is 17.5. The minimum Gasteiger partial charge on any atom is -0.455 e. The van der Waals surface area contributed by atoms with E-state index < -0.39 is 5.97 Å². The van der Waals surface area contributed by atoms with Gasteiger partial charge in [0.05, 0.1) is 10.1 Å². The van der Waals surface area contributed by atoms with Gasteiger partial charge in [0.2, 0.25) is 0 Å². The van der Waals surface area contributed by atoms with E-state index in [1.165, 1.54) is 23.1 Å². The van der Waals surface area contributed by atoms with E-state index in [9.17, 15) is 9.59 Å². The molecule has 0 saturated heterocycles. The van der Waals surface area contributed by atoms with Crippen molar-refractivity contribution in [2.24, 2.45) is 0 Å². The van der Waals surface area contributed by atoms with Gasteiger partial charge < -0.3 is 10.1 Å². The van der Waals surface area contributed by atoms with E-state index in [4.69, 9.17) is 16.3 Å². The fourth-order valence-electron chi connectivity index (χ4n) is 1.92. The number of thiophene rings is 1. The van der Waals surface area contributed by atoms with Crippen molar-refractivity contribution in [3.63, 3.8) is 0 Å². The van der Waals surface area contributed by atoms with Crippen LogP contribution in [0.3, 0.4) is 0 Å². The van der Waals surface area contributed by atoms with Gasteiger partial charge in [-0.15, -0.1) is 23.1 Å². The number of ether oxygens (including phenoxy) is 1. The first-order chi connectivity index (χ1) is 11.5. The average molecular weight is 384 g/mol. The quantitative estimate of drug-likeness (QED) is 0.718. The van der Waals surface area contributed by atoms with Gasteiger partial charge in [-0.1, -0.05) is 23.7 Å². The number of anilines is 1. The molecule has 1 N–H and O–H groups in total. The van der Waals surface area contributed by atoms with E-state index >= 15 is 0 Å². The smallest absolute Gasteiger partial charge is 0.316 e. The summed E-state index contributed by atoms with van der Waals surface area (Å²) in [6.45, 7) is 3.63. The summed E-state index contributed by atoms with van der Waals surface area (Å²) in [4.78, 5) is 24.6. The number of benzene rings is 1. The van der Waals surface area contributed by atoms with Gasteiger partial charge in [0.25, 0.3) is 5.91 Å². The van der Waals surface area contributed by atoms with Crippen molar-refractivity contribution < 1.29 is 14.3 Å². The number of thioether (sulfide) groups is 1. The fraction of sp³-hybridized carbons (Fsp3) is 0.294. The molecule has 1 amide bonds. The number of carbonyl (C=O) groups excluding carboxylic acids is 2. The molecule has 1 aromatic heterocycles. The highest BCUT2D eigenvalue weighted by molar-refractivity contribution is 7.99. The Bertz CT molecular complexity index is 730. The largest absolute Gasteiger partial charge is 0.455 e. The summed E-state index contributed by atoms with van der Waals surface area (Å²) in [6, 6.07) is 9.44. The minimum atomic E-state index is -0.404. The van der Waals surface area contributed by atoms with E-state index in [2.05, 4.69) is 5.32 Å². The van der Waals surface area contributed by atoms with Crippen LogP contribution in [0.1, 0.15) is 16.0 Å². The number of esters is 1. The molecule has 7 heteroatoms. The van der Waals surface area contributed by atoms with Crippen LogP contribution in [0.2, 0.25) is 4.34 Å². The summed E-state index contributed by atoms with van der Waals surface area (Å²) in [5.74, 6) is 0.152. The average Bonchev–Trinajstić information content (AvgIpc) is 2.95. The number of hydrogen-bond donors (Lipinski definition) is 1. The second kappa shape index (κ2) is 9.11. The molecular formula is C17H18ClNO3S2. The third-order valence-electron chi connectivity index (χ3n) is 3.34. The van der Waals surface area contributed by atoms with Crippen LogP contribution in [-0.4, -0.2) is 24.2 Å². The Morgan fingerprint density at radius 3 is 2.75 bits per heavy atom. The molecule has 0 bridgehead atoms. The number of rotatable bonds is 7. The van der Waals surface area contributed by atoms with Crippen LogP contribution in [0.4, 0.5) is 5.69 Å². The number of hydrogen-bond acceptors (Lipinski definition) is 5. The second-order valence-electron chi connectivity index (χ2n) is 5.15. The molecule has 1 heterocycles. The first-order valence-corrected chi connectivity index (χ1v) is 9.64. The Labute approximate surface area is 154 Å². The van der Waals surface area contributed by atoms with Crippen molar-refractivity contribution in [2.45, 2.75) is 19.6 Å². The van der Waals surface area contributed by atoms with Crippen molar-refractivity contribution in [2.75, 3.05) is 17.7 Å². The molecule has 0 radical (unpaired) electrons. The zero-order valence-electron chi connectivity index (χ0n) is 13.4. The molecule has 0 aliphatic heterocycles. The molecule has 24 heavy (non-hydrogen) atoms. The van der Waals surface area contributed by atoms with Crippen molar-refractivity contribution >= 4 is 52.3 Å². The molecule has 2 rings (SSSR count). The van der Waals surface area contributed by atoms with Gasteiger partial charge in [0, 0.05) is 16.3 Å². The normalized spacial score (nSPS) is 10.5. The summed E-state index contributed by atoms with van der Waals surface area (Å²) in [5, 5.41) is 2.76. The Morgan fingerprint density at radius 2 is 2.04 bits per heavy atom. The number of amides is 1. The molecule has 0 aliphatic rings. The Morgan fingerprint density at radius 1 is 1.25 bits per heavy atom. The lowest BCUT2D eigenvalue weighted by molar-refractivity contribution is -0.144. The Kier molecular flexibility index (Phi) is 7.15. The predicted molar refractivity (Wildman–Crippen MR) is 101 cm³/mol. The standard InChI is InChI=1S/C17H18ClNO3S2/c1-11-4-3-5-14(12(11)2)19-16(20)8-22-17(21)10-23-9-13-6-7-15(18)24-13/h3-7H,8-10H2,1-2H3,(H,19,20). The topological polar surface area (TPSA) is 55.4 Å². The first-order valence-electron chi connectivity index (χ1n) is 7.29. The molecule has 0 spiro atoms. The predicted octanol–water partition coefficient (Wildman–Crippen LogP) is 4.43.